The number of carbonyl (C=O) groups excluding carboxylic acids is 1. The summed E-state index contributed by atoms with van der Waals surface area (Å²) < 4.78 is 13.6. The standard InChI is InChI=1S/C18H14FN3O/c1-12-6-8-13(9-7-12)17-20-10-14(11-21-17)22-18(23)15-4-2-3-5-16(15)19/h2-11H,1H3,(H,22,23). The van der Waals surface area contributed by atoms with E-state index < -0.39 is 11.7 Å². The molecule has 4 nitrogen and oxygen atoms in total. The van der Waals surface area contributed by atoms with Gasteiger partial charge in [0.15, 0.2) is 5.82 Å². The predicted octanol–water partition coefficient (Wildman–Crippen LogP) is 3.84. The highest BCUT2D eigenvalue weighted by Crippen LogP contribution is 2.17. The molecule has 23 heavy (non-hydrogen) atoms. The topological polar surface area (TPSA) is 54.9 Å². The Morgan fingerprint density at radius 1 is 1.00 bits per heavy atom. The Kier molecular flexibility index (Phi) is 4.10. The highest BCUT2D eigenvalue weighted by atomic mass is 19.1. The van der Waals surface area contributed by atoms with Crippen molar-refractivity contribution in [2.24, 2.45) is 0 Å². The van der Waals surface area contributed by atoms with Gasteiger partial charge in [-0.1, -0.05) is 42.0 Å². The number of aryl methyl sites for hydroxylation is 1. The van der Waals surface area contributed by atoms with Crippen LogP contribution in [0.4, 0.5) is 10.1 Å². The van der Waals surface area contributed by atoms with Gasteiger partial charge < -0.3 is 5.32 Å². The first-order chi connectivity index (χ1) is 11.1. The molecule has 0 atom stereocenters. The molecule has 0 aliphatic rings. The molecule has 3 aromatic rings. The van der Waals surface area contributed by atoms with Crippen molar-refractivity contribution in [1.29, 1.82) is 0 Å². The van der Waals surface area contributed by atoms with Crippen molar-refractivity contribution in [3.05, 3.63) is 77.9 Å². The molecule has 2 aromatic carbocycles. The molecule has 0 aliphatic heterocycles. The van der Waals surface area contributed by atoms with Gasteiger partial charge in [0.25, 0.3) is 5.91 Å². The minimum absolute atomic E-state index is 0.0184. The fourth-order valence-electron chi connectivity index (χ4n) is 2.09. The number of amides is 1. The van der Waals surface area contributed by atoms with Gasteiger partial charge in [-0.3, -0.25) is 4.79 Å². The lowest BCUT2D eigenvalue weighted by molar-refractivity contribution is 0.102. The third kappa shape index (κ3) is 3.40. The van der Waals surface area contributed by atoms with E-state index in [1.807, 2.05) is 31.2 Å². The first-order valence-corrected chi connectivity index (χ1v) is 7.08. The molecule has 1 N–H and O–H groups in total. The Bertz CT molecular complexity index is 830. The third-order valence-corrected chi connectivity index (χ3v) is 3.34. The summed E-state index contributed by atoms with van der Waals surface area (Å²) in [5.41, 5.74) is 2.44. The molecule has 3 rings (SSSR count). The van der Waals surface area contributed by atoms with Crippen LogP contribution in [0.15, 0.2) is 60.9 Å². The summed E-state index contributed by atoms with van der Waals surface area (Å²) >= 11 is 0. The molecule has 1 aromatic heterocycles. The largest absolute Gasteiger partial charge is 0.319 e. The van der Waals surface area contributed by atoms with Crippen LogP contribution in [0, 0.1) is 12.7 Å². The lowest BCUT2D eigenvalue weighted by atomic mass is 10.1. The average molecular weight is 307 g/mol. The van der Waals surface area contributed by atoms with E-state index in [-0.39, 0.29) is 5.56 Å². The number of halogens is 1. The Morgan fingerprint density at radius 2 is 1.65 bits per heavy atom. The summed E-state index contributed by atoms with van der Waals surface area (Å²) in [7, 11) is 0. The molecule has 114 valence electrons. The minimum Gasteiger partial charge on any atom is -0.319 e. The zero-order valence-corrected chi connectivity index (χ0v) is 12.5. The van der Waals surface area contributed by atoms with E-state index in [1.165, 1.54) is 30.6 Å². The van der Waals surface area contributed by atoms with Crippen LogP contribution >= 0.6 is 0 Å². The monoisotopic (exact) mass is 307 g/mol. The van der Waals surface area contributed by atoms with Gasteiger partial charge in [0.1, 0.15) is 5.82 Å². The summed E-state index contributed by atoms with van der Waals surface area (Å²) in [6.45, 7) is 2.01. The number of anilines is 1. The fraction of sp³-hybridized carbons (Fsp3) is 0.0556. The quantitative estimate of drug-likeness (QED) is 0.799. The number of carbonyl (C=O) groups is 1. The summed E-state index contributed by atoms with van der Waals surface area (Å²) in [6, 6.07) is 13.6. The van der Waals surface area contributed by atoms with Gasteiger partial charge in [-0.2, -0.15) is 0 Å². The van der Waals surface area contributed by atoms with E-state index in [0.29, 0.717) is 11.5 Å². The first kappa shape index (κ1) is 14.8. The number of nitrogens with zero attached hydrogens (tertiary/aromatic N) is 2. The molecule has 0 saturated heterocycles. The molecule has 1 heterocycles. The Labute approximate surface area is 133 Å². The van der Waals surface area contributed by atoms with E-state index >= 15 is 0 Å². The van der Waals surface area contributed by atoms with Crippen molar-refractivity contribution in [2.75, 3.05) is 5.32 Å². The molecule has 0 spiro atoms. The molecular formula is C18H14FN3O. The molecule has 0 saturated carbocycles. The van der Waals surface area contributed by atoms with Crippen LogP contribution < -0.4 is 5.32 Å². The molecule has 0 fully saturated rings. The van der Waals surface area contributed by atoms with Gasteiger partial charge in [0, 0.05) is 5.56 Å². The van der Waals surface area contributed by atoms with Crippen molar-refractivity contribution < 1.29 is 9.18 Å². The number of rotatable bonds is 3. The van der Waals surface area contributed by atoms with Gasteiger partial charge in [0.05, 0.1) is 23.6 Å². The summed E-state index contributed by atoms with van der Waals surface area (Å²) in [4.78, 5) is 20.5. The number of hydrogen-bond donors (Lipinski definition) is 1. The van der Waals surface area contributed by atoms with Gasteiger partial charge in [-0.25, -0.2) is 14.4 Å². The maximum Gasteiger partial charge on any atom is 0.258 e. The van der Waals surface area contributed by atoms with Crippen molar-refractivity contribution in [3.8, 4) is 11.4 Å². The highest BCUT2D eigenvalue weighted by Gasteiger charge is 2.11. The molecule has 0 aliphatic carbocycles. The maximum absolute atomic E-state index is 13.6. The lowest BCUT2D eigenvalue weighted by Gasteiger charge is -2.06. The van der Waals surface area contributed by atoms with E-state index in [2.05, 4.69) is 15.3 Å². The normalized spacial score (nSPS) is 10.3. The second-order valence-corrected chi connectivity index (χ2v) is 5.10. The molecule has 0 unspecified atom stereocenters. The molecule has 1 amide bonds. The first-order valence-electron chi connectivity index (χ1n) is 7.08. The Balaban J connectivity index is 1.76. The van der Waals surface area contributed by atoms with Crippen LogP contribution in [-0.2, 0) is 0 Å². The molecule has 5 heteroatoms. The molecule has 0 radical (unpaired) electrons. The maximum atomic E-state index is 13.6. The zero-order valence-electron chi connectivity index (χ0n) is 12.5. The summed E-state index contributed by atoms with van der Waals surface area (Å²) in [5, 5.41) is 2.58. The third-order valence-electron chi connectivity index (χ3n) is 3.34. The Hall–Kier alpha value is -3.08. The van der Waals surface area contributed by atoms with E-state index in [9.17, 15) is 9.18 Å². The van der Waals surface area contributed by atoms with Gasteiger partial charge in [-0.15, -0.1) is 0 Å². The second-order valence-electron chi connectivity index (χ2n) is 5.10. The number of nitrogens with one attached hydrogen (secondary N) is 1. The van der Waals surface area contributed by atoms with Gasteiger partial charge in [0.2, 0.25) is 0 Å². The van der Waals surface area contributed by atoms with Gasteiger partial charge in [-0.05, 0) is 19.1 Å². The molecule has 0 bridgehead atoms. The van der Waals surface area contributed by atoms with E-state index in [0.717, 1.165) is 11.1 Å². The van der Waals surface area contributed by atoms with Crippen molar-refractivity contribution in [2.45, 2.75) is 6.92 Å². The second kappa shape index (κ2) is 6.36. The van der Waals surface area contributed by atoms with E-state index in [1.54, 1.807) is 6.07 Å². The van der Waals surface area contributed by atoms with E-state index in [4.69, 9.17) is 0 Å². The van der Waals surface area contributed by atoms with Crippen LogP contribution in [0.5, 0.6) is 0 Å². The van der Waals surface area contributed by atoms with Crippen molar-refractivity contribution >= 4 is 11.6 Å². The van der Waals surface area contributed by atoms with Crippen LogP contribution in [0.2, 0.25) is 0 Å². The van der Waals surface area contributed by atoms with Crippen LogP contribution in [0.25, 0.3) is 11.4 Å². The predicted molar refractivity (Wildman–Crippen MR) is 86.6 cm³/mol. The Morgan fingerprint density at radius 3 is 2.30 bits per heavy atom. The van der Waals surface area contributed by atoms with Crippen LogP contribution in [0.3, 0.4) is 0 Å². The lowest BCUT2D eigenvalue weighted by Crippen LogP contribution is -2.14. The van der Waals surface area contributed by atoms with Crippen molar-refractivity contribution in [1.82, 2.24) is 9.97 Å². The van der Waals surface area contributed by atoms with Gasteiger partial charge >= 0.3 is 0 Å². The SMILES string of the molecule is Cc1ccc(-c2ncc(NC(=O)c3ccccc3F)cn2)cc1. The number of hydrogen-bond acceptors (Lipinski definition) is 3. The number of benzene rings is 2. The average Bonchev–Trinajstić information content (AvgIpc) is 2.57. The zero-order chi connectivity index (χ0) is 16.2. The summed E-state index contributed by atoms with van der Waals surface area (Å²) in [5.74, 6) is -0.536. The summed E-state index contributed by atoms with van der Waals surface area (Å²) in [6.07, 6.45) is 3.00. The van der Waals surface area contributed by atoms with Crippen LogP contribution in [0.1, 0.15) is 15.9 Å². The smallest absolute Gasteiger partial charge is 0.258 e. The number of aromatic nitrogens is 2. The van der Waals surface area contributed by atoms with Crippen LogP contribution in [-0.4, -0.2) is 15.9 Å². The fourth-order valence-corrected chi connectivity index (χ4v) is 2.09. The minimum atomic E-state index is -0.567. The van der Waals surface area contributed by atoms with Crippen molar-refractivity contribution in [3.63, 3.8) is 0 Å². The highest BCUT2D eigenvalue weighted by molar-refractivity contribution is 6.04. The molecular weight excluding hydrogens is 293 g/mol.